The Kier molecular flexibility index (Phi) is 5.76. The van der Waals surface area contributed by atoms with Crippen LogP contribution < -0.4 is 9.62 Å². The van der Waals surface area contributed by atoms with E-state index in [1.54, 1.807) is 36.3 Å². The summed E-state index contributed by atoms with van der Waals surface area (Å²) >= 11 is 0. The van der Waals surface area contributed by atoms with E-state index < -0.39 is 15.8 Å². The highest BCUT2D eigenvalue weighted by Crippen LogP contribution is 2.30. The molecule has 0 spiro atoms. The van der Waals surface area contributed by atoms with Crippen molar-refractivity contribution in [2.24, 2.45) is 0 Å². The van der Waals surface area contributed by atoms with Gasteiger partial charge in [0.25, 0.3) is 0 Å². The Morgan fingerprint density at radius 2 is 2.00 bits per heavy atom. The van der Waals surface area contributed by atoms with Gasteiger partial charge >= 0.3 is 0 Å². The smallest absolute Gasteiger partial charge is 0.236 e. The first kappa shape index (κ1) is 19.3. The van der Waals surface area contributed by atoms with Crippen LogP contribution in [0.4, 0.5) is 15.8 Å². The number of ether oxygens (including phenoxy) is 1. The first-order chi connectivity index (χ1) is 12.9. The standard InChI is InChI=1S/C19H21FN2O4S/c1-26-10-9-22-18-7-6-17(12-15(18)5-8-19(22)23)21-27(24,25)13-14-3-2-4-16(20)11-14/h2-4,6-7,11-12,21H,5,8-10,13H2,1H3. The number of anilines is 2. The molecule has 2 aromatic carbocycles. The summed E-state index contributed by atoms with van der Waals surface area (Å²) in [5, 5.41) is 0. The lowest BCUT2D eigenvalue weighted by molar-refractivity contribution is -0.119. The van der Waals surface area contributed by atoms with E-state index in [9.17, 15) is 17.6 Å². The van der Waals surface area contributed by atoms with Gasteiger partial charge in [-0.25, -0.2) is 12.8 Å². The SMILES string of the molecule is COCCN1C(=O)CCc2cc(NS(=O)(=O)Cc3cccc(F)c3)ccc21. The van der Waals surface area contributed by atoms with Gasteiger partial charge in [-0.1, -0.05) is 12.1 Å². The number of hydrogen-bond donors (Lipinski definition) is 1. The highest BCUT2D eigenvalue weighted by molar-refractivity contribution is 7.91. The average Bonchev–Trinajstić information content (AvgIpc) is 2.60. The molecule has 0 fully saturated rings. The van der Waals surface area contributed by atoms with Crippen molar-refractivity contribution >= 4 is 27.3 Å². The fourth-order valence-corrected chi connectivity index (χ4v) is 4.29. The van der Waals surface area contributed by atoms with Crippen LogP contribution in [0.25, 0.3) is 0 Å². The van der Waals surface area contributed by atoms with Crippen molar-refractivity contribution in [3.05, 3.63) is 59.4 Å². The summed E-state index contributed by atoms with van der Waals surface area (Å²) in [6.45, 7) is 0.875. The number of benzene rings is 2. The van der Waals surface area contributed by atoms with Crippen LogP contribution in [0.5, 0.6) is 0 Å². The predicted molar refractivity (Wildman–Crippen MR) is 102 cm³/mol. The highest BCUT2D eigenvalue weighted by Gasteiger charge is 2.24. The fraction of sp³-hybridized carbons (Fsp3) is 0.316. The van der Waals surface area contributed by atoms with E-state index in [-0.39, 0.29) is 11.7 Å². The molecule has 2 aromatic rings. The molecule has 27 heavy (non-hydrogen) atoms. The molecule has 144 valence electrons. The third kappa shape index (κ3) is 4.84. The maximum atomic E-state index is 13.3. The van der Waals surface area contributed by atoms with Gasteiger partial charge in [-0.05, 0) is 47.9 Å². The van der Waals surface area contributed by atoms with Gasteiger partial charge in [0, 0.05) is 31.5 Å². The number of hydrogen-bond acceptors (Lipinski definition) is 4. The summed E-state index contributed by atoms with van der Waals surface area (Å²) in [7, 11) is -2.11. The maximum absolute atomic E-state index is 13.3. The van der Waals surface area contributed by atoms with Crippen molar-refractivity contribution in [3.63, 3.8) is 0 Å². The fourth-order valence-electron chi connectivity index (χ4n) is 3.11. The Hall–Kier alpha value is -2.45. The van der Waals surface area contributed by atoms with Crippen molar-refractivity contribution in [2.75, 3.05) is 29.9 Å². The van der Waals surface area contributed by atoms with Crippen molar-refractivity contribution in [2.45, 2.75) is 18.6 Å². The lowest BCUT2D eigenvalue weighted by atomic mass is 10.0. The van der Waals surface area contributed by atoms with Gasteiger partial charge in [-0.3, -0.25) is 9.52 Å². The molecule has 1 heterocycles. The van der Waals surface area contributed by atoms with Gasteiger partial charge in [0.2, 0.25) is 15.9 Å². The number of sulfonamides is 1. The Balaban J connectivity index is 1.77. The quantitative estimate of drug-likeness (QED) is 0.786. The minimum absolute atomic E-state index is 0.0268. The molecule has 1 amide bonds. The van der Waals surface area contributed by atoms with Gasteiger partial charge < -0.3 is 9.64 Å². The van der Waals surface area contributed by atoms with E-state index >= 15 is 0 Å². The second kappa shape index (κ2) is 8.06. The summed E-state index contributed by atoms with van der Waals surface area (Å²) in [6, 6.07) is 10.6. The minimum Gasteiger partial charge on any atom is -0.383 e. The number of fused-ring (bicyclic) bond motifs is 1. The maximum Gasteiger partial charge on any atom is 0.236 e. The number of amides is 1. The van der Waals surface area contributed by atoms with Crippen LogP contribution in [-0.2, 0) is 31.7 Å². The average molecular weight is 392 g/mol. The zero-order valence-electron chi connectivity index (χ0n) is 14.9. The second-order valence-electron chi connectivity index (χ2n) is 6.37. The monoisotopic (exact) mass is 392 g/mol. The number of carbonyl (C=O) groups is 1. The molecule has 3 rings (SSSR count). The number of carbonyl (C=O) groups excluding carboxylic acids is 1. The first-order valence-electron chi connectivity index (χ1n) is 8.55. The lowest BCUT2D eigenvalue weighted by Gasteiger charge is -2.29. The van der Waals surface area contributed by atoms with Gasteiger partial charge in [0.15, 0.2) is 0 Å². The van der Waals surface area contributed by atoms with E-state index in [1.807, 2.05) is 0 Å². The number of methoxy groups -OCH3 is 1. The van der Waals surface area contributed by atoms with Crippen molar-refractivity contribution in [1.82, 2.24) is 0 Å². The van der Waals surface area contributed by atoms with Gasteiger partial charge in [0.05, 0.1) is 12.4 Å². The Morgan fingerprint density at radius 1 is 1.19 bits per heavy atom. The number of aryl methyl sites for hydroxylation is 1. The van der Waals surface area contributed by atoms with Gasteiger partial charge in [-0.2, -0.15) is 0 Å². The molecule has 6 nitrogen and oxygen atoms in total. The van der Waals surface area contributed by atoms with Crippen LogP contribution in [-0.4, -0.2) is 34.6 Å². The largest absolute Gasteiger partial charge is 0.383 e. The number of halogens is 1. The molecule has 8 heteroatoms. The molecule has 1 N–H and O–H groups in total. The third-order valence-corrected chi connectivity index (χ3v) is 5.58. The number of nitrogens with one attached hydrogen (secondary N) is 1. The summed E-state index contributed by atoms with van der Waals surface area (Å²) in [5.74, 6) is -0.767. The highest BCUT2D eigenvalue weighted by atomic mass is 32.2. The predicted octanol–water partition coefficient (Wildman–Crippen LogP) is 2.69. The summed E-state index contributed by atoms with van der Waals surface area (Å²) < 4.78 is 45.6. The van der Waals surface area contributed by atoms with Crippen molar-refractivity contribution in [1.29, 1.82) is 0 Å². The molecule has 0 aromatic heterocycles. The Bertz CT molecular complexity index is 946. The number of rotatable bonds is 7. The molecular formula is C19H21FN2O4S. The molecule has 0 saturated carbocycles. The van der Waals surface area contributed by atoms with Crippen LogP contribution in [0.1, 0.15) is 17.5 Å². The van der Waals surface area contributed by atoms with Gasteiger partial charge in [-0.15, -0.1) is 0 Å². The molecular weight excluding hydrogens is 371 g/mol. The zero-order valence-corrected chi connectivity index (χ0v) is 15.8. The molecule has 1 aliphatic heterocycles. The number of nitrogens with zero attached hydrogens (tertiary/aromatic N) is 1. The Morgan fingerprint density at radius 3 is 2.74 bits per heavy atom. The van der Waals surface area contributed by atoms with Crippen LogP contribution in [0.2, 0.25) is 0 Å². The summed E-state index contributed by atoms with van der Waals surface area (Å²) in [6.07, 6.45) is 0.924. The van der Waals surface area contributed by atoms with E-state index in [0.29, 0.717) is 37.2 Å². The molecule has 0 radical (unpaired) electrons. The second-order valence-corrected chi connectivity index (χ2v) is 8.10. The first-order valence-corrected chi connectivity index (χ1v) is 10.2. The van der Waals surface area contributed by atoms with E-state index in [0.717, 1.165) is 11.3 Å². The molecule has 0 saturated heterocycles. The van der Waals surface area contributed by atoms with E-state index in [2.05, 4.69) is 4.72 Å². The third-order valence-electron chi connectivity index (χ3n) is 4.32. The van der Waals surface area contributed by atoms with Crippen LogP contribution in [0.3, 0.4) is 0 Å². The van der Waals surface area contributed by atoms with Crippen LogP contribution >= 0.6 is 0 Å². The minimum atomic E-state index is -3.69. The topological polar surface area (TPSA) is 75.7 Å². The zero-order chi connectivity index (χ0) is 19.4. The molecule has 0 atom stereocenters. The van der Waals surface area contributed by atoms with Crippen molar-refractivity contribution < 1.29 is 22.3 Å². The van der Waals surface area contributed by atoms with Crippen LogP contribution in [0, 0.1) is 5.82 Å². The van der Waals surface area contributed by atoms with E-state index in [1.165, 1.54) is 18.2 Å². The van der Waals surface area contributed by atoms with Crippen LogP contribution in [0.15, 0.2) is 42.5 Å². The van der Waals surface area contributed by atoms with E-state index in [4.69, 9.17) is 4.74 Å². The summed E-state index contributed by atoms with van der Waals surface area (Å²) in [4.78, 5) is 13.8. The lowest BCUT2D eigenvalue weighted by Crippen LogP contribution is -2.37. The van der Waals surface area contributed by atoms with Gasteiger partial charge in [0.1, 0.15) is 5.82 Å². The summed E-state index contributed by atoms with van der Waals surface area (Å²) in [5.41, 5.74) is 2.47. The van der Waals surface area contributed by atoms with Crippen molar-refractivity contribution in [3.8, 4) is 0 Å². The molecule has 0 unspecified atom stereocenters. The normalized spacial score (nSPS) is 14.1. The molecule has 0 aliphatic carbocycles. The molecule has 1 aliphatic rings. The molecule has 0 bridgehead atoms. The Labute approximate surface area is 158 Å².